The van der Waals surface area contributed by atoms with E-state index in [-0.39, 0.29) is 12.5 Å². The Morgan fingerprint density at radius 2 is 2.16 bits per heavy atom. The lowest BCUT2D eigenvalue weighted by Gasteiger charge is -2.16. The number of hydrogen-bond donors (Lipinski definition) is 2. The smallest absolute Gasteiger partial charge is 0.321 e. The van der Waals surface area contributed by atoms with Crippen LogP contribution in [0, 0.1) is 17.7 Å². The molecule has 0 spiro atoms. The van der Waals surface area contributed by atoms with Gasteiger partial charge in [-0.1, -0.05) is 13.0 Å². The van der Waals surface area contributed by atoms with Crippen molar-refractivity contribution in [2.75, 3.05) is 18.4 Å². The number of nitrogens with zero attached hydrogens (tertiary/aromatic N) is 1. The van der Waals surface area contributed by atoms with E-state index in [4.69, 9.17) is 5.11 Å². The van der Waals surface area contributed by atoms with Crippen molar-refractivity contribution in [1.29, 1.82) is 0 Å². The second-order valence-corrected chi connectivity index (χ2v) is 4.77. The first-order chi connectivity index (χ1) is 8.97. The number of urea groups is 1. The molecule has 1 aromatic carbocycles. The zero-order valence-corrected chi connectivity index (χ0v) is 10.5. The summed E-state index contributed by atoms with van der Waals surface area (Å²) in [7, 11) is 0. The van der Waals surface area contributed by atoms with Gasteiger partial charge in [-0.15, -0.1) is 0 Å². The zero-order chi connectivity index (χ0) is 14.0. The number of anilines is 1. The molecule has 2 rings (SSSR count). The van der Waals surface area contributed by atoms with Gasteiger partial charge in [-0.25, -0.2) is 9.18 Å². The first kappa shape index (κ1) is 13.3. The first-order valence-corrected chi connectivity index (χ1v) is 6.01. The van der Waals surface area contributed by atoms with Crippen LogP contribution in [0.25, 0.3) is 0 Å². The summed E-state index contributed by atoms with van der Waals surface area (Å²) in [6.07, 6.45) is 0. The molecule has 0 bridgehead atoms. The van der Waals surface area contributed by atoms with Crippen LogP contribution in [0.3, 0.4) is 0 Å². The summed E-state index contributed by atoms with van der Waals surface area (Å²) in [6.45, 7) is 2.37. The molecular formula is C13H15FN2O3. The van der Waals surface area contributed by atoms with Gasteiger partial charge in [0.25, 0.3) is 0 Å². The number of carbonyl (C=O) groups excluding carboxylic acids is 1. The van der Waals surface area contributed by atoms with Gasteiger partial charge < -0.3 is 15.3 Å². The third kappa shape index (κ3) is 3.01. The minimum absolute atomic E-state index is 0.0873. The molecule has 19 heavy (non-hydrogen) atoms. The largest absolute Gasteiger partial charge is 0.481 e. The number of aliphatic carboxylic acids is 1. The van der Waals surface area contributed by atoms with Crippen molar-refractivity contribution in [3.8, 4) is 0 Å². The van der Waals surface area contributed by atoms with Crippen LogP contribution >= 0.6 is 0 Å². The Hall–Kier alpha value is -2.11. The van der Waals surface area contributed by atoms with Gasteiger partial charge in [0.15, 0.2) is 0 Å². The molecular weight excluding hydrogens is 251 g/mol. The topological polar surface area (TPSA) is 69.6 Å². The number of carboxylic acids is 1. The van der Waals surface area contributed by atoms with Gasteiger partial charge in [0, 0.05) is 18.8 Å². The lowest BCUT2D eigenvalue weighted by molar-refractivity contribution is -0.142. The summed E-state index contributed by atoms with van der Waals surface area (Å²) in [5, 5.41) is 11.6. The average molecular weight is 266 g/mol. The number of benzene rings is 1. The fraction of sp³-hybridized carbons (Fsp3) is 0.385. The number of halogens is 1. The predicted octanol–water partition coefficient (Wildman–Crippen LogP) is 2.01. The molecule has 0 saturated carbocycles. The maximum absolute atomic E-state index is 13.0. The molecule has 2 amide bonds. The number of nitrogens with one attached hydrogen (secondary N) is 1. The SMILES string of the molecule is CC1CN(C(=O)Nc2cccc(F)c2)CC1C(=O)O. The predicted molar refractivity (Wildman–Crippen MR) is 67.3 cm³/mol. The minimum Gasteiger partial charge on any atom is -0.481 e. The highest BCUT2D eigenvalue weighted by Gasteiger charge is 2.36. The third-order valence-electron chi connectivity index (χ3n) is 3.29. The quantitative estimate of drug-likeness (QED) is 0.860. The molecule has 0 aliphatic carbocycles. The van der Waals surface area contributed by atoms with Crippen molar-refractivity contribution < 1.29 is 19.1 Å². The lowest BCUT2D eigenvalue weighted by atomic mass is 9.99. The Morgan fingerprint density at radius 3 is 2.74 bits per heavy atom. The van der Waals surface area contributed by atoms with Gasteiger partial charge in [-0.3, -0.25) is 4.79 Å². The second kappa shape index (κ2) is 5.26. The monoisotopic (exact) mass is 266 g/mol. The van der Waals surface area contributed by atoms with Crippen molar-refractivity contribution in [3.05, 3.63) is 30.1 Å². The third-order valence-corrected chi connectivity index (χ3v) is 3.29. The van der Waals surface area contributed by atoms with Crippen LogP contribution in [0.15, 0.2) is 24.3 Å². The van der Waals surface area contributed by atoms with Crippen LogP contribution in [0.4, 0.5) is 14.9 Å². The molecule has 2 N–H and O–H groups in total. The molecule has 0 aromatic heterocycles. The maximum Gasteiger partial charge on any atom is 0.321 e. The molecule has 1 fully saturated rings. The Balaban J connectivity index is 2.00. The van der Waals surface area contributed by atoms with Gasteiger partial charge in [-0.05, 0) is 24.1 Å². The van der Waals surface area contributed by atoms with Gasteiger partial charge in [0.05, 0.1) is 5.92 Å². The van der Waals surface area contributed by atoms with E-state index in [0.717, 1.165) is 0 Å². The number of carboxylic acid groups (broad SMARTS) is 1. The average Bonchev–Trinajstić information content (AvgIpc) is 2.71. The van der Waals surface area contributed by atoms with Gasteiger partial charge >= 0.3 is 12.0 Å². The summed E-state index contributed by atoms with van der Waals surface area (Å²) >= 11 is 0. The van der Waals surface area contributed by atoms with Crippen molar-refractivity contribution in [3.63, 3.8) is 0 Å². The normalized spacial score (nSPS) is 22.3. The second-order valence-electron chi connectivity index (χ2n) is 4.77. The molecule has 1 aliphatic heterocycles. The standard InChI is InChI=1S/C13H15FN2O3/c1-8-6-16(7-11(8)12(17)18)13(19)15-10-4-2-3-9(14)5-10/h2-5,8,11H,6-7H2,1H3,(H,15,19)(H,17,18). The van der Waals surface area contributed by atoms with Crippen LogP contribution in [-0.4, -0.2) is 35.1 Å². The molecule has 2 unspecified atom stereocenters. The summed E-state index contributed by atoms with van der Waals surface area (Å²) < 4.78 is 13.0. The Morgan fingerprint density at radius 1 is 1.42 bits per heavy atom. The molecule has 1 heterocycles. The molecule has 0 radical (unpaired) electrons. The van der Waals surface area contributed by atoms with Crippen LogP contribution in [0.5, 0.6) is 0 Å². The summed E-state index contributed by atoms with van der Waals surface area (Å²) in [4.78, 5) is 24.4. The Labute approximate surface area is 110 Å². The molecule has 1 saturated heterocycles. The van der Waals surface area contributed by atoms with E-state index in [1.165, 1.54) is 23.1 Å². The summed E-state index contributed by atoms with van der Waals surface area (Å²) in [6, 6.07) is 5.17. The van der Waals surface area contributed by atoms with Crippen molar-refractivity contribution in [2.24, 2.45) is 11.8 Å². The molecule has 1 aromatic rings. The van der Waals surface area contributed by atoms with E-state index >= 15 is 0 Å². The van der Waals surface area contributed by atoms with Gasteiger partial charge in [-0.2, -0.15) is 0 Å². The van der Waals surface area contributed by atoms with E-state index in [1.807, 2.05) is 0 Å². The van der Waals surface area contributed by atoms with Crippen LogP contribution < -0.4 is 5.32 Å². The molecule has 2 atom stereocenters. The maximum atomic E-state index is 13.0. The Bertz CT molecular complexity index is 506. The Kier molecular flexibility index (Phi) is 3.69. The lowest BCUT2D eigenvalue weighted by Crippen LogP contribution is -2.33. The molecule has 6 heteroatoms. The summed E-state index contributed by atoms with van der Waals surface area (Å²) in [5.41, 5.74) is 0.358. The van der Waals surface area contributed by atoms with Gasteiger partial charge in [0.2, 0.25) is 0 Å². The highest BCUT2D eigenvalue weighted by atomic mass is 19.1. The van der Waals surface area contributed by atoms with Crippen LogP contribution in [0.2, 0.25) is 0 Å². The van der Waals surface area contributed by atoms with E-state index in [0.29, 0.717) is 12.2 Å². The highest BCUT2D eigenvalue weighted by Crippen LogP contribution is 2.23. The minimum atomic E-state index is -0.895. The van der Waals surface area contributed by atoms with Crippen molar-refractivity contribution in [2.45, 2.75) is 6.92 Å². The van der Waals surface area contributed by atoms with E-state index in [1.54, 1.807) is 13.0 Å². The number of hydrogen-bond acceptors (Lipinski definition) is 2. The number of rotatable bonds is 2. The summed E-state index contributed by atoms with van der Waals surface area (Å²) in [5.74, 6) is -1.96. The van der Waals surface area contributed by atoms with Crippen LogP contribution in [0.1, 0.15) is 6.92 Å². The fourth-order valence-electron chi connectivity index (χ4n) is 2.22. The van der Waals surface area contributed by atoms with Crippen molar-refractivity contribution >= 4 is 17.7 Å². The number of likely N-dealkylation sites (tertiary alicyclic amines) is 1. The number of carbonyl (C=O) groups is 2. The van der Waals surface area contributed by atoms with E-state index in [9.17, 15) is 14.0 Å². The molecule has 102 valence electrons. The van der Waals surface area contributed by atoms with Crippen molar-refractivity contribution in [1.82, 2.24) is 4.90 Å². The fourth-order valence-corrected chi connectivity index (χ4v) is 2.22. The number of amides is 2. The van der Waals surface area contributed by atoms with E-state index < -0.39 is 23.7 Å². The molecule has 5 nitrogen and oxygen atoms in total. The first-order valence-electron chi connectivity index (χ1n) is 6.01. The molecule has 1 aliphatic rings. The zero-order valence-electron chi connectivity index (χ0n) is 10.5. The van der Waals surface area contributed by atoms with Gasteiger partial charge in [0.1, 0.15) is 5.82 Å². The highest BCUT2D eigenvalue weighted by molar-refractivity contribution is 5.90. The van der Waals surface area contributed by atoms with Crippen LogP contribution in [-0.2, 0) is 4.79 Å². The van der Waals surface area contributed by atoms with E-state index in [2.05, 4.69) is 5.32 Å².